The number of aromatic nitrogens is 1. The molecule has 0 atom stereocenters. The summed E-state index contributed by atoms with van der Waals surface area (Å²) < 4.78 is 27.6. The molecule has 0 radical (unpaired) electrons. The number of rotatable bonds is 3. The molecule has 2 aromatic rings. The lowest BCUT2D eigenvalue weighted by Gasteiger charge is -2.01. The Kier molecular flexibility index (Phi) is 2.92. The zero-order valence-corrected chi connectivity index (χ0v) is 10.1. The van der Waals surface area contributed by atoms with E-state index in [-0.39, 0.29) is 16.3 Å². The Morgan fingerprint density at radius 2 is 2.11 bits per heavy atom. The molecule has 0 aliphatic carbocycles. The van der Waals surface area contributed by atoms with Crippen LogP contribution in [0, 0.1) is 0 Å². The van der Waals surface area contributed by atoms with Gasteiger partial charge in [-0.1, -0.05) is 12.1 Å². The van der Waals surface area contributed by atoms with Crippen molar-refractivity contribution in [1.29, 1.82) is 0 Å². The van der Waals surface area contributed by atoms with Crippen molar-refractivity contribution in [3.05, 3.63) is 36.4 Å². The van der Waals surface area contributed by atoms with Crippen molar-refractivity contribution in [3.8, 4) is 11.3 Å². The van der Waals surface area contributed by atoms with Crippen LogP contribution >= 0.6 is 0 Å². The summed E-state index contributed by atoms with van der Waals surface area (Å²) >= 11 is 0. The van der Waals surface area contributed by atoms with Gasteiger partial charge in [-0.25, -0.2) is 18.2 Å². The molecule has 0 bridgehead atoms. The quantitative estimate of drug-likeness (QED) is 0.903. The van der Waals surface area contributed by atoms with Crippen molar-refractivity contribution in [3.63, 3.8) is 0 Å². The molecule has 1 aromatic heterocycles. The van der Waals surface area contributed by atoms with Crippen molar-refractivity contribution in [2.75, 3.05) is 6.26 Å². The van der Waals surface area contributed by atoms with E-state index in [4.69, 9.17) is 9.52 Å². The number of carbonyl (C=O) groups is 1. The largest absolute Gasteiger partial charge is 0.475 e. The highest BCUT2D eigenvalue weighted by molar-refractivity contribution is 7.90. The number of nitrogens with zero attached hydrogens (tertiary/aromatic N) is 1. The normalized spacial score (nSPS) is 11.4. The second-order valence-electron chi connectivity index (χ2n) is 3.64. The molecular weight excluding hydrogens is 258 g/mol. The van der Waals surface area contributed by atoms with Crippen LogP contribution in [0.2, 0.25) is 0 Å². The van der Waals surface area contributed by atoms with Crippen LogP contribution in [-0.2, 0) is 9.84 Å². The van der Waals surface area contributed by atoms with Crippen molar-refractivity contribution < 1.29 is 22.7 Å². The van der Waals surface area contributed by atoms with Crippen LogP contribution in [0.1, 0.15) is 10.6 Å². The minimum atomic E-state index is -3.36. The Hall–Kier alpha value is -2.15. The lowest BCUT2D eigenvalue weighted by molar-refractivity contribution is 0.0663. The SMILES string of the molecule is CS(=O)(=O)c1cccc(-c2ncoc2C(=O)O)c1. The molecule has 1 heterocycles. The maximum absolute atomic E-state index is 11.4. The van der Waals surface area contributed by atoms with Gasteiger partial charge in [-0.05, 0) is 12.1 Å². The molecule has 0 amide bonds. The minimum absolute atomic E-state index is 0.0966. The first-order valence-corrected chi connectivity index (χ1v) is 6.76. The van der Waals surface area contributed by atoms with E-state index >= 15 is 0 Å². The van der Waals surface area contributed by atoms with Crippen LogP contribution in [0.25, 0.3) is 11.3 Å². The fourth-order valence-electron chi connectivity index (χ4n) is 1.48. The van der Waals surface area contributed by atoms with Crippen molar-refractivity contribution in [2.45, 2.75) is 4.90 Å². The van der Waals surface area contributed by atoms with E-state index in [0.29, 0.717) is 5.56 Å². The summed E-state index contributed by atoms with van der Waals surface area (Å²) in [7, 11) is -3.36. The van der Waals surface area contributed by atoms with Gasteiger partial charge in [0, 0.05) is 11.8 Å². The van der Waals surface area contributed by atoms with Crippen LogP contribution < -0.4 is 0 Å². The van der Waals surface area contributed by atoms with Crippen LogP contribution in [-0.4, -0.2) is 30.7 Å². The number of carboxylic acids is 1. The maximum atomic E-state index is 11.4. The molecule has 18 heavy (non-hydrogen) atoms. The van der Waals surface area contributed by atoms with Gasteiger partial charge in [0.2, 0.25) is 5.76 Å². The van der Waals surface area contributed by atoms with E-state index in [2.05, 4.69) is 4.98 Å². The van der Waals surface area contributed by atoms with Crippen molar-refractivity contribution in [2.24, 2.45) is 0 Å². The van der Waals surface area contributed by atoms with E-state index in [9.17, 15) is 13.2 Å². The van der Waals surface area contributed by atoms with E-state index in [1.54, 1.807) is 6.07 Å². The third-order valence-electron chi connectivity index (χ3n) is 2.30. The molecule has 1 N–H and O–H groups in total. The molecule has 0 unspecified atom stereocenters. The van der Waals surface area contributed by atoms with Crippen LogP contribution in [0.3, 0.4) is 0 Å². The van der Waals surface area contributed by atoms with Gasteiger partial charge in [0.1, 0.15) is 5.69 Å². The Bertz CT molecular complexity index is 702. The zero-order valence-electron chi connectivity index (χ0n) is 9.32. The summed E-state index contributed by atoms with van der Waals surface area (Å²) in [5.41, 5.74) is 0.483. The van der Waals surface area contributed by atoms with Gasteiger partial charge in [0.15, 0.2) is 16.2 Å². The van der Waals surface area contributed by atoms with Gasteiger partial charge >= 0.3 is 5.97 Å². The predicted molar refractivity (Wildman–Crippen MR) is 62.0 cm³/mol. The number of benzene rings is 1. The van der Waals surface area contributed by atoms with Gasteiger partial charge in [-0.15, -0.1) is 0 Å². The molecule has 6 nitrogen and oxygen atoms in total. The lowest BCUT2D eigenvalue weighted by Crippen LogP contribution is -1.99. The zero-order chi connectivity index (χ0) is 13.3. The second-order valence-corrected chi connectivity index (χ2v) is 5.65. The highest BCUT2D eigenvalue weighted by atomic mass is 32.2. The monoisotopic (exact) mass is 267 g/mol. The van der Waals surface area contributed by atoms with Gasteiger partial charge < -0.3 is 9.52 Å². The Morgan fingerprint density at radius 1 is 1.39 bits per heavy atom. The molecule has 0 fully saturated rings. The van der Waals surface area contributed by atoms with E-state index in [0.717, 1.165) is 12.6 Å². The molecule has 0 aliphatic rings. The Balaban J connectivity index is 2.59. The van der Waals surface area contributed by atoms with Crippen LogP contribution in [0.5, 0.6) is 0 Å². The molecule has 0 saturated heterocycles. The fourth-order valence-corrected chi connectivity index (χ4v) is 2.14. The topological polar surface area (TPSA) is 97.5 Å². The molecule has 0 saturated carbocycles. The van der Waals surface area contributed by atoms with Gasteiger partial charge in [0.05, 0.1) is 4.90 Å². The fraction of sp³-hybridized carbons (Fsp3) is 0.0909. The van der Waals surface area contributed by atoms with Crippen molar-refractivity contribution >= 4 is 15.8 Å². The Labute approximate surface area is 103 Å². The summed E-state index contributed by atoms with van der Waals surface area (Å²) in [6, 6.07) is 5.88. The summed E-state index contributed by atoms with van der Waals surface area (Å²) in [4.78, 5) is 14.8. The molecule has 7 heteroatoms. The average Bonchev–Trinajstić information content (AvgIpc) is 2.77. The molecular formula is C11H9NO5S. The third-order valence-corrected chi connectivity index (χ3v) is 3.41. The molecule has 94 valence electrons. The number of hydrogen-bond acceptors (Lipinski definition) is 5. The predicted octanol–water partition coefficient (Wildman–Crippen LogP) is 1.44. The first-order valence-electron chi connectivity index (χ1n) is 4.87. The smallest absolute Gasteiger partial charge is 0.374 e. The number of aromatic carboxylic acids is 1. The number of hydrogen-bond donors (Lipinski definition) is 1. The standard InChI is InChI=1S/C11H9NO5S/c1-18(15,16)8-4-2-3-7(5-8)9-10(11(13)14)17-6-12-9/h2-6H,1H3,(H,13,14). The number of sulfone groups is 1. The van der Waals surface area contributed by atoms with Gasteiger partial charge in [-0.2, -0.15) is 0 Å². The van der Waals surface area contributed by atoms with Crippen molar-refractivity contribution in [1.82, 2.24) is 4.98 Å². The molecule has 1 aromatic carbocycles. The highest BCUT2D eigenvalue weighted by Crippen LogP contribution is 2.24. The highest BCUT2D eigenvalue weighted by Gasteiger charge is 2.18. The van der Waals surface area contributed by atoms with E-state index in [1.807, 2.05) is 0 Å². The van der Waals surface area contributed by atoms with E-state index < -0.39 is 15.8 Å². The van der Waals surface area contributed by atoms with Crippen LogP contribution in [0.4, 0.5) is 0 Å². The Morgan fingerprint density at radius 3 is 2.72 bits per heavy atom. The maximum Gasteiger partial charge on any atom is 0.374 e. The number of oxazole rings is 1. The first kappa shape index (κ1) is 12.3. The summed E-state index contributed by atoms with van der Waals surface area (Å²) in [6.45, 7) is 0. The first-order chi connectivity index (χ1) is 8.39. The van der Waals surface area contributed by atoms with E-state index in [1.165, 1.54) is 18.2 Å². The average molecular weight is 267 g/mol. The van der Waals surface area contributed by atoms with Gasteiger partial charge in [-0.3, -0.25) is 0 Å². The van der Waals surface area contributed by atoms with Gasteiger partial charge in [0.25, 0.3) is 0 Å². The third kappa shape index (κ3) is 2.25. The summed E-state index contributed by atoms with van der Waals surface area (Å²) in [5.74, 6) is -1.58. The lowest BCUT2D eigenvalue weighted by atomic mass is 10.1. The molecule has 0 spiro atoms. The number of carboxylic acid groups (broad SMARTS) is 1. The molecule has 0 aliphatic heterocycles. The van der Waals surface area contributed by atoms with Crippen LogP contribution in [0.15, 0.2) is 40.0 Å². The summed E-state index contributed by atoms with van der Waals surface area (Å²) in [5, 5.41) is 8.89. The minimum Gasteiger partial charge on any atom is -0.475 e. The summed E-state index contributed by atoms with van der Waals surface area (Å²) in [6.07, 6.45) is 2.08. The molecule has 2 rings (SSSR count). The second kappa shape index (κ2) is 4.26.